The Morgan fingerprint density at radius 1 is 1.10 bits per heavy atom. The maximum absolute atomic E-state index is 12.6. The molecule has 1 amide bonds. The molecule has 160 valence electrons. The number of nitrogens with zero attached hydrogens (tertiary/aromatic N) is 3. The van der Waals surface area contributed by atoms with E-state index in [2.05, 4.69) is 25.6 Å². The number of anilines is 2. The number of rotatable bonds is 6. The Balaban J connectivity index is 1.44. The molecule has 1 fully saturated rings. The van der Waals surface area contributed by atoms with Crippen LogP contribution in [-0.2, 0) is 0 Å². The van der Waals surface area contributed by atoms with Crippen molar-refractivity contribution >= 4 is 29.2 Å². The minimum Gasteiger partial charge on any atom is -0.348 e. The summed E-state index contributed by atoms with van der Waals surface area (Å²) >= 11 is 1.58. The summed E-state index contributed by atoms with van der Waals surface area (Å²) in [5.74, 6) is 0.589. The smallest absolute Gasteiger partial charge is 0.251 e. The SMILES string of the molecule is CSc1ncccc1-c1cc(Nc2ccc(C(=O)N[C@@H]3CCCC[C@H]3N)cc2)ncn1. The van der Waals surface area contributed by atoms with E-state index in [4.69, 9.17) is 5.73 Å². The highest BCUT2D eigenvalue weighted by molar-refractivity contribution is 7.98. The first-order valence-corrected chi connectivity index (χ1v) is 11.6. The molecule has 0 spiro atoms. The van der Waals surface area contributed by atoms with Gasteiger partial charge in [0.05, 0.1) is 5.69 Å². The molecule has 0 saturated heterocycles. The zero-order valence-electron chi connectivity index (χ0n) is 17.4. The normalized spacial score (nSPS) is 18.4. The molecule has 1 aliphatic carbocycles. The van der Waals surface area contributed by atoms with Gasteiger partial charge in [0.25, 0.3) is 5.91 Å². The van der Waals surface area contributed by atoms with Gasteiger partial charge in [0.15, 0.2) is 0 Å². The van der Waals surface area contributed by atoms with Crippen LogP contribution >= 0.6 is 11.8 Å². The van der Waals surface area contributed by atoms with Gasteiger partial charge in [-0.2, -0.15) is 0 Å². The van der Waals surface area contributed by atoms with Crippen LogP contribution in [0.2, 0.25) is 0 Å². The number of hydrogen-bond acceptors (Lipinski definition) is 7. The summed E-state index contributed by atoms with van der Waals surface area (Å²) in [4.78, 5) is 25.7. The molecular weight excluding hydrogens is 408 g/mol. The predicted octanol–water partition coefficient (Wildman–Crippen LogP) is 4.00. The van der Waals surface area contributed by atoms with Crippen LogP contribution in [0.5, 0.6) is 0 Å². The Morgan fingerprint density at radius 2 is 1.90 bits per heavy atom. The summed E-state index contributed by atoms with van der Waals surface area (Å²) in [6.07, 6.45) is 9.45. The van der Waals surface area contributed by atoms with Crippen LogP contribution in [0.4, 0.5) is 11.5 Å². The molecule has 8 heteroatoms. The number of aromatic nitrogens is 3. The third-order valence-corrected chi connectivity index (χ3v) is 6.17. The van der Waals surface area contributed by atoms with Crippen molar-refractivity contribution in [1.82, 2.24) is 20.3 Å². The first kappa shape index (κ1) is 21.3. The second-order valence-electron chi connectivity index (χ2n) is 7.58. The fourth-order valence-corrected chi connectivity index (χ4v) is 4.32. The van der Waals surface area contributed by atoms with E-state index in [0.29, 0.717) is 11.4 Å². The molecule has 0 radical (unpaired) electrons. The molecule has 7 nitrogen and oxygen atoms in total. The topological polar surface area (TPSA) is 106 Å². The second-order valence-corrected chi connectivity index (χ2v) is 8.37. The van der Waals surface area contributed by atoms with Crippen molar-refractivity contribution in [1.29, 1.82) is 0 Å². The fraction of sp³-hybridized carbons (Fsp3) is 0.304. The van der Waals surface area contributed by atoms with Gasteiger partial charge in [-0.25, -0.2) is 15.0 Å². The summed E-state index contributed by atoms with van der Waals surface area (Å²) in [5.41, 5.74) is 9.37. The number of nitrogens with one attached hydrogen (secondary N) is 2. The van der Waals surface area contributed by atoms with Crippen LogP contribution in [-0.4, -0.2) is 39.2 Å². The number of carbonyl (C=O) groups is 1. The van der Waals surface area contributed by atoms with Crippen LogP contribution in [0.3, 0.4) is 0 Å². The average Bonchev–Trinajstić information content (AvgIpc) is 2.81. The Labute approximate surface area is 186 Å². The minimum atomic E-state index is -0.0839. The van der Waals surface area contributed by atoms with Crippen molar-refractivity contribution < 1.29 is 4.79 Å². The van der Waals surface area contributed by atoms with Gasteiger partial charge in [0, 0.05) is 41.2 Å². The first-order valence-electron chi connectivity index (χ1n) is 10.4. The quantitative estimate of drug-likeness (QED) is 0.504. The number of amides is 1. The monoisotopic (exact) mass is 434 g/mol. The van der Waals surface area contributed by atoms with Gasteiger partial charge in [-0.3, -0.25) is 4.79 Å². The van der Waals surface area contributed by atoms with Gasteiger partial charge < -0.3 is 16.4 Å². The van der Waals surface area contributed by atoms with E-state index in [1.165, 1.54) is 6.33 Å². The number of hydrogen-bond donors (Lipinski definition) is 3. The van der Waals surface area contributed by atoms with E-state index in [1.54, 1.807) is 30.1 Å². The van der Waals surface area contributed by atoms with Crippen LogP contribution in [0, 0.1) is 0 Å². The van der Waals surface area contributed by atoms with Gasteiger partial charge in [-0.05, 0) is 55.5 Å². The highest BCUT2D eigenvalue weighted by atomic mass is 32.2. The maximum atomic E-state index is 12.6. The molecule has 0 bridgehead atoms. The molecule has 0 unspecified atom stereocenters. The zero-order chi connectivity index (χ0) is 21.6. The van der Waals surface area contributed by atoms with Gasteiger partial charge in [0.1, 0.15) is 17.2 Å². The van der Waals surface area contributed by atoms with Crippen molar-refractivity contribution in [3.63, 3.8) is 0 Å². The lowest BCUT2D eigenvalue weighted by atomic mass is 9.91. The van der Waals surface area contributed by atoms with Crippen LogP contribution in [0.25, 0.3) is 11.3 Å². The largest absolute Gasteiger partial charge is 0.348 e. The molecule has 0 aliphatic heterocycles. The van der Waals surface area contributed by atoms with Gasteiger partial charge in [-0.15, -0.1) is 11.8 Å². The lowest BCUT2D eigenvalue weighted by Gasteiger charge is -2.29. The Bertz CT molecular complexity index is 1040. The molecule has 2 atom stereocenters. The lowest BCUT2D eigenvalue weighted by molar-refractivity contribution is 0.0921. The second kappa shape index (κ2) is 9.89. The number of thioether (sulfide) groups is 1. The number of pyridine rings is 1. The molecule has 2 aromatic heterocycles. The number of nitrogens with two attached hydrogens (primary N) is 1. The molecule has 31 heavy (non-hydrogen) atoms. The predicted molar refractivity (Wildman–Crippen MR) is 124 cm³/mol. The standard InChI is InChI=1S/C23H26N6OS/c1-31-23-17(5-4-12-25-23)20-13-21(27-14-26-20)28-16-10-8-15(9-11-16)22(30)29-19-7-3-2-6-18(19)24/h4-5,8-14,18-19H,2-3,6-7,24H2,1H3,(H,29,30)(H,26,27,28)/t18-,19-/m1/s1. The van der Waals surface area contributed by atoms with E-state index >= 15 is 0 Å². The molecule has 4 rings (SSSR count). The first-order chi connectivity index (χ1) is 15.1. The van der Waals surface area contributed by atoms with E-state index in [0.717, 1.165) is 47.7 Å². The minimum absolute atomic E-state index is 0.0389. The van der Waals surface area contributed by atoms with Gasteiger partial charge >= 0.3 is 0 Å². The zero-order valence-corrected chi connectivity index (χ0v) is 18.2. The van der Waals surface area contributed by atoms with Gasteiger partial charge in [0.2, 0.25) is 0 Å². The molecule has 1 saturated carbocycles. The Hall–Kier alpha value is -2.97. The molecule has 4 N–H and O–H groups in total. The highest BCUT2D eigenvalue weighted by Crippen LogP contribution is 2.28. The van der Waals surface area contributed by atoms with Crippen molar-refractivity contribution in [2.24, 2.45) is 5.73 Å². The molecular formula is C23H26N6OS. The summed E-state index contributed by atoms with van der Waals surface area (Å²) in [5, 5.41) is 7.27. The van der Waals surface area contributed by atoms with Crippen LogP contribution < -0.4 is 16.4 Å². The van der Waals surface area contributed by atoms with Crippen molar-refractivity contribution in [2.75, 3.05) is 11.6 Å². The summed E-state index contributed by atoms with van der Waals surface area (Å²) in [7, 11) is 0. The fourth-order valence-electron chi connectivity index (χ4n) is 3.76. The van der Waals surface area contributed by atoms with E-state index in [-0.39, 0.29) is 18.0 Å². The molecule has 2 heterocycles. The Kier molecular flexibility index (Phi) is 6.79. The van der Waals surface area contributed by atoms with E-state index in [9.17, 15) is 4.79 Å². The lowest BCUT2D eigenvalue weighted by Crippen LogP contribution is -2.49. The Morgan fingerprint density at radius 3 is 2.68 bits per heavy atom. The third-order valence-electron chi connectivity index (χ3n) is 5.46. The summed E-state index contributed by atoms with van der Waals surface area (Å²) in [6, 6.07) is 13.2. The van der Waals surface area contributed by atoms with Gasteiger partial charge in [-0.1, -0.05) is 12.8 Å². The van der Waals surface area contributed by atoms with Crippen molar-refractivity contribution in [3.05, 3.63) is 60.6 Å². The van der Waals surface area contributed by atoms with Crippen molar-refractivity contribution in [3.8, 4) is 11.3 Å². The summed E-state index contributed by atoms with van der Waals surface area (Å²) in [6.45, 7) is 0. The molecule has 1 aliphatic rings. The third kappa shape index (κ3) is 5.21. The maximum Gasteiger partial charge on any atom is 0.251 e. The van der Waals surface area contributed by atoms with Crippen LogP contribution in [0.15, 0.2) is 60.0 Å². The van der Waals surface area contributed by atoms with E-state index in [1.807, 2.05) is 36.6 Å². The number of benzene rings is 1. The van der Waals surface area contributed by atoms with E-state index < -0.39 is 0 Å². The highest BCUT2D eigenvalue weighted by Gasteiger charge is 2.23. The van der Waals surface area contributed by atoms with Crippen molar-refractivity contribution in [2.45, 2.75) is 42.8 Å². The molecule has 3 aromatic rings. The summed E-state index contributed by atoms with van der Waals surface area (Å²) < 4.78 is 0. The average molecular weight is 435 g/mol. The molecule has 1 aromatic carbocycles. The number of carbonyl (C=O) groups excluding carboxylic acids is 1. The van der Waals surface area contributed by atoms with Crippen LogP contribution in [0.1, 0.15) is 36.0 Å².